The van der Waals surface area contributed by atoms with E-state index < -0.39 is 0 Å². The maximum absolute atomic E-state index is 11.8. The molecule has 0 spiro atoms. The molecule has 0 heterocycles. The molecule has 2 aliphatic rings. The molecular weight excluding hydrogens is 214 g/mol. The molecule has 2 fully saturated rings. The molecule has 2 rings (SSSR count). The Bertz CT molecular complexity index is 261. The minimum atomic E-state index is 0.254. The molecule has 2 atom stereocenters. The molecule has 2 saturated carbocycles. The topological polar surface area (TPSA) is 38.3 Å². The van der Waals surface area contributed by atoms with Gasteiger partial charge in [-0.2, -0.15) is 0 Å². The molecule has 3 nitrogen and oxygen atoms in total. The van der Waals surface area contributed by atoms with E-state index in [0.29, 0.717) is 24.5 Å². The number of rotatable bonds is 5. The molecule has 3 heteroatoms. The van der Waals surface area contributed by atoms with Crippen molar-refractivity contribution in [1.82, 2.24) is 5.32 Å². The van der Waals surface area contributed by atoms with Gasteiger partial charge in [0, 0.05) is 19.1 Å². The molecule has 0 aromatic carbocycles. The summed E-state index contributed by atoms with van der Waals surface area (Å²) in [5.74, 6) is 1.60. The Morgan fingerprint density at radius 3 is 2.65 bits per heavy atom. The number of carbonyl (C=O) groups is 1. The predicted octanol–water partition coefficient (Wildman–Crippen LogP) is 2.50. The Balaban J connectivity index is 1.59. The molecule has 1 amide bonds. The van der Waals surface area contributed by atoms with Gasteiger partial charge in [-0.1, -0.05) is 6.92 Å². The molecule has 1 N–H and O–H groups in total. The lowest BCUT2D eigenvalue weighted by Crippen LogP contribution is -2.38. The number of hydrogen-bond acceptors (Lipinski definition) is 2. The lowest BCUT2D eigenvalue weighted by atomic mass is 9.80. The van der Waals surface area contributed by atoms with Crippen molar-refractivity contribution >= 4 is 5.91 Å². The van der Waals surface area contributed by atoms with Crippen LogP contribution in [0, 0.1) is 11.8 Å². The third kappa shape index (κ3) is 3.70. The average molecular weight is 239 g/mol. The predicted molar refractivity (Wildman–Crippen MR) is 67.7 cm³/mol. The van der Waals surface area contributed by atoms with Crippen LogP contribution in [0.5, 0.6) is 0 Å². The Morgan fingerprint density at radius 2 is 2.06 bits per heavy atom. The summed E-state index contributed by atoms with van der Waals surface area (Å²) in [6.07, 6.45) is 6.86. The molecule has 0 radical (unpaired) electrons. The minimum absolute atomic E-state index is 0.254. The Hall–Kier alpha value is -0.570. The first-order valence-electron chi connectivity index (χ1n) is 7.08. The number of hydrogen-bond donors (Lipinski definition) is 1. The van der Waals surface area contributed by atoms with Crippen molar-refractivity contribution in [2.45, 2.75) is 64.5 Å². The second-order valence-electron chi connectivity index (χ2n) is 5.80. The van der Waals surface area contributed by atoms with Gasteiger partial charge in [-0.25, -0.2) is 0 Å². The van der Waals surface area contributed by atoms with E-state index in [1.807, 2.05) is 6.92 Å². The average Bonchev–Trinajstić information content (AvgIpc) is 2.61. The van der Waals surface area contributed by atoms with Gasteiger partial charge in [0.15, 0.2) is 0 Å². The highest BCUT2D eigenvalue weighted by Crippen LogP contribution is 2.33. The van der Waals surface area contributed by atoms with Crippen LogP contribution in [-0.2, 0) is 9.53 Å². The van der Waals surface area contributed by atoms with Crippen LogP contribution in [0.15, 0.2) is 0 Å². The normalized spacial score (nSPS) is 36.6. The zero-order valence-electron chi connectivity index (χ0n) is 11.1. The van der Waals surface area contributed by atoms with Gasteiger partial charge in [0.25, 0.3) is 0 Å². The summed E-state index contributed by atoms with van der Waals surface area (Å²) in [6, 6.07) is 0.445. The standard InChI is InChI=1S/C14H25NO2/c1-3-17-13-7-11(8-13)9-14(16)15-12-5-4-10(2)6-12/h10-13H,3-9H2,1-2H3,(H,15,16). The van der Waals surface area contributed by atoms with E-state index in [1.54, 1.807) is 0 Å². The fraction of sp³-hybridized carbons (Fsp3) is 0.929. The summed E-state index contributed by atoms with van der Waals surface area (Å²) in [6.45, 7) is 5.09. The summed E-state index contributed by atoms with van der Waals surface area (Å²) in [5, 5.41) is 3.18. The first-order valence-corrected chi connectivity index (χ1v) is 7.08. The molecule has 0 aromatic heterocycles. The van der Waals surface area contributed by atoms with Crippen molar-refractivity contribution in [3.63, 3.8) is 0 Å². The van der Waals surface area contributed by atoms with E-state index in [2.05, 4.69) is 12.2 Å². The van der Waals surface area contributed by atoms with E-state index in [-0.39, 0.29) is 5.91 Å². The fourth-order valence-corrected chi connectivity index (χ4v) is 3.10. The Kier molecular flexibility index (Phi) is 4.43. The van der Waals surface area contributed by atoms with Crippen LogP contribution < -0.4 is 5.32 Å². The molecule has 0 saturated heterocycles. The van der Waals surface area contributed by atoms with Gasteiger partial charge >= 0.3 is 0 Å². The van der Waals surface area contributed by atoms with E-state index in [1.165, 1.54) is 12.8 Å². The van der Waals surface area contributed by atoms with Crippen LogP contribution in [0.2, 0.25) is 0 Å². The molecule has 98 valence electrons. The van der Waals surface area contributed by atoms with Crippen molar-refractivity contribution in [3.8, 4) is 0 Å². The van der Waals surface area contributed by atoms with E-state index in [9.17, 15) is 4.79 Å². The number of amides is 1. The number of carbonyl (C=O) groups excluding carboxylic acids is 1. The van der Waals surface area contributed by atoms with Crippen LogP contribution in [0.1, 0.15) is 52.4 Å². The van der Waals surface area contributed by atoms with Gasteiger partial charge in [-0.05, 0) is 50.9 Å². The van der Waals surface area contributed by atoms with Crippen LogP contribution in [0.25, 0.3) is 0 Å². The van der Waals surface area contributed by atoms with E-state index in [0.717, 1.165) is 31.8 Å². The molecule has 17 heavy (non-hydrogen) atoms. The largest absolute Gasteiger partial charge is 0.378 e. The van der Waals surface area contributed by atoms with Crippen molar-refractivity contribution in [1.29, 1.82) is 0 Å². The Labute approximate surface area is 104 Å². The second kappa shape index (κ2) is 5.85. The highest BCUT2D eigenvalue weighted by molar-refractivity contribution is 5.76. The zero-order valence-corrected chi connectivity index (χ0v) is 11.1. The van der Waals surface area contributed by atoms with Crippen LogP contribution in [0.3, 0.4) is 0 Å². The highest BCUT2D eigenvalue weighted by atomic mass is 16.5. The van der Waals surface area contributed by atoms with Crippen LogP contribution in [-0.4, -0.2) is 24.7 Å². The van der Waals surface area contributed by atoms with Gasteiger partial charge in [0.05, 0.1) is 6.10 Å². The summed E-state index contributed by atoms with van der Waals surface area (Å²) in [5.41, 5.74) is 0. The quantitative estimate of drug-likeness (QED) is 0.800. The number of nitrogens with one attached hydrogen (secondary N) is 1. The number of ether oxygens (including phenoxy) is 1. The highest BCUT2D eigenvalue weighted by Gasteiger charge is 2.32. The van der Waals surface area contributed by atoms with Crippen molar-refractivity contribution in [2.75, 3.05) is 6.61 Å². The molecule has 2 unspecified atom stereocenters. The first-order chi connectivity index (χ1) is 8.17. The fourth-order valence-electron chi connectivity index (χ4n) is 3.10. The zero-order chi connectivity index (χ0) is 12.3. The monoisotopic (exact) mass is 239 g/mol. The molecule has 0 bridgehead atoms. The van der Waals surface area contributed by atoms with E-state index >= 15 is 0 Å². The third-order valence-electron chi connectivity index (χ3n) is 4.13. The third-order valence-corrected chi connectivity index (χ3v) is 4.13. The van der Waals surface area contributed by atoms with Gasteiger partial charge in [0.2, 0.25) is 5.91 Å². The molecule has 2 aliphatic carbocycles. The van der Waals surface area contributed by atoms with Crippen molar-refractivity contribution in [2.24, 2.45) is 11.8 Å². The second-order valence-corrected chi connectivity index (χ2v) is 5.80. The lowest BCUT2D eigenvalue weighted by molar-refractivity contribution is -0.125. The van der Waals surface area contributed by atoms with Crippen molar-refractivity contribution < 1.29 is 9.53 Å². The van der Waals surface area contributed by atoms with Crippen LogP contribution >= 0.6 is 0 Å². The van der Waals surface area contributed by atoms with Gasteiger partial charge in [-0.15, -0.1) is 0 Å². The summed E-state index contributed by atoms with van der Waals surface area (Å²) in [4.78, 5) is 11.8. The molecule has 0 aromatic rings. The molecule has 0 aliphatic heterocycles. The maximum Gasteiger partial charge on any atom is 0.220 e. The van der Waals surface area contributed by atoms with E-state index in [4.69, 9.17) is 4.74 Å². The van der Waals surface area contributed by atoms with Gasteiger partial charge < -0.3 is 10.1 Å². The smallest absolute Gasteiger partial charge is 0.220 e. The summed E-state index contributed by atoms with van der Waals surface area (Å²) in [7, 11) is 0. The van der Waals surface area contributed by atoms with Crippen molar-refractivity contribution in [3.05, 3.63) is 0 Å². The summed E-state index contributed by atoms with van der Waals surface area (Å²) >= 11 is 0. The summed E-state index contributed by atoms with van der Waals surface area (Å²) < 4.78 is 5.51. The SMILES string of the molecule is CCOC1CC(CC(=O)NC2CCC(C)C2)C1. The minimum Gasteiger partial charge on any atom is -0.378 e. The lowest BCUT2D eigenvalue weighted by Gasteiger charge is -2.34. The maximum atomic E-state index is 11.8. The van der Waals surface area contributed by atoms with Gasteiger partial charge in [-0.3, -0.25) is 4.79 Å². The first kappa shape index (κ1) is 12.9. The van der Waals surface area contributed by atoms with Crippen LogP contribution in [0.4, 0.5) is 0 Å². The molecular formula is C14H25NO2. The van der Waals surface area contributed by atoms with Gasteiger partial charge in [0.1, 0.15) is 0 Å². The Morgan fingerprint density at radius 1 is 1.29 bits per heavy atom.